The van der Waals surface area contributed by atoms with Crippen molar-refractivity contribution >= 4 is 0 Å². The molecule has 0 radical (unpaired) electrons. The number of nitrogens with two attached hydrogens (primary N) is 1. The first kappa shape index (κ1) is 16.2. The molecule has 0 heterocycles. The van der Waals surface area contributed by atoms with Crippen LogP contribution < -0.4 is 11.1 Å². The third kappa shape index (κ3) is 4.32. The summed E-state index contributed by atoms with van der Waals surface area (Å²) in [5.41, 5.74) is 11.4. The summed E-state index contributed by atoms with van der Waals surface area (Å²) in [4.78, 5) is 0. The molecule has 3 N–H and O–H groups in total. The molecule has 0 aliphatic heterocycles. The monoisotopic (exact) mass is 262 g/mol. The fourth-order valence-electron chi connectivity index (χ4n) is 2.56. The van der Waals surface area contributed by atoms with Gasteiger partial charge in [0.1, 0.15) is 0 Å². The van der Waals surface area contributed by atoms with Gasteiger partial charge in [-0.05, 0) is 55.5 Å². The molecule has 2 heteroatoms. The predicted molar refractivity (Wildman–Crippen MR) is 84.5 cm³/mol. The average Bonchev–Trinajstić information content (AvgIpc) is 2.40. The molecule has 0 aromatic heterocycles. The summed E-state index contributed by atoms with van der Waals surface area (Å²) in [5, 5.41) is 3.65. The normalized spacial score (nSPS) is 13.0. The number of rotatable bonds is 7. The van der Waals surface area contributed by atoms with Gasteiger partial charge in [-0.25, -0.2) is 0 Å². The SMILES string of the molecule is CCC(CC)CNC(CN)c1cc(C)c(C)cc1C. The zero-order chi connectivity index (χ0) is 14.4. The molecule has 1 atom stereocenters. The second-order valence-electron chi connectivity index (χ2n) is 5.67. The van der Waals surface area contributed by atoms with Crippen molar-refractivity contribution in [3.8, 4) is 0 Å². The summed E-state index contributed by atoms with van der Waals surface area (Å²) >= 11 is 0. The van der Waals surface area contributed by atoms with Crippen molar-refractivity contribution in [2.24, 2.45) is 11.7 Å². The van der Waals surface area contributed by atoms with Gasteiger partial charge in [-0.3, -0.25) is 0 Å². The molecule has 0 saturated heterocycles. The van der Waals surface area contributed by atoms with Crippen LogP contribution in [0.5, 0.6) is 0 Å². The van der Waals surface area contributed by atoms with Crippen molar-refractivity contribution in [3.05, 3.63) is 34.4 Å². The molecular formula is C17H30N2. The number of aryl methyl sites for hydroxylation is 3. The molecule has 1 unspecified atom stereocenters. The summed E-state index contributed by atoms with van der Waals surface area (Å²) < 4.78 is 0. The van der Waals surface area contributed by atoms with E-state index in [4.69, 9.17) is 5.73 Å². The minimum atomic E-state index is 0.278. The van der Waals surface area contributed by atoms with Gasteiger partial charge in [0.2, 0.25) is 0 Å². The quantitative estimate of drug-likeness (QED) is 0.787. The Morgan fingerprint density at radius 2 is 1.58 bits per heavy atom. The average molecular weight is 262 g/mol. The number of hydrogen-bond donors (Lipinski definition) is 2. The molecule has 0 fully saturated rings. The van der Waals surface area contributed by atoms with Gasteiger partial charge >= 0.3 is 0 Å². The number of hydrogen-bond acceptors (Lipinski definition) is 2. The van der Waals surface area contributed by atoms with Gasteiger partial charge < -0.3 is 11.1 Å². The first-order valence-corrected chi connectivity index (χ1v) is 7.54. The molecule has 0 aliphatic carbocycles. The number of benzene rings is 1. The Labute approximate surface area is 118 Å². The molecule has 108 valence electrons. The lowest BCUT2D eigenvalue weighted by Crippen LogP contribution is -2.32. The number of nitrogens with one attached hydrogen (secondary N) is 1. The van der Waals surface area contributed by atoms with Crippen LogP contribution in [0.1, 0.15) is 55.0 Å². The second kappa shape index (κ2) is 7.66. The molecule has 1 aromatic rings. The van der Waals surface area contributed by atoms with E-state index < -0.39 is 0 Å². The van der Waals surface area contributed by atoms with Gasteiger partial charge in [-0.15, -0.1) is 0 Å². The second-order valence-corrected chi connectivity index (χ2v) is 5.67. The van der Waals surface area contributed by atoms with Crippen molar-refractivity contribution in [1.29, 1.82) is 0 Å². The molecule has 0 amide bonds. The molecule has 0 spiro atoms. The Morgan fingerprint density at radius 3 is 2.11 bits per heavy atom. The van der Waals surface area contributed by atoms with E-state index in [-0.39, 0.29) is 6.04 Å². The van der Waals surface area contributed by atoms with Crippen LogP contribution in [-0.4, -0.2) is 13.1 Å². The van der Waals surface area contributed by atoms with Crippen LogP contribution in [0.2, 0.25) is 0 Å². The summed E-state index contributed by atoms with van der Waals surface area (Å²) in [5.74, 6) is 0.751. The first-order chi connectivity index (χ1) is 9.03. The zero-order valence-corrected chi connectivity index (χ0v) is 13.2. The Hall–Kier alpha value is -0.860. The van der Waals surface area contributed by atoms with Crippen molar-refractivity contribution < 1.29 is 0 Å². The van der Waals surface area contributed by atoms with Crippen LogP contribution in [0.3, 0.4) is 0 Å². The summed E-state index contributed by atoms with van der Waals surface area (Å²) in [6, 6.07) is 4.84. The van der Waals surface area contributed by atoms with E-state index in [2.05, 4.69) is 52.1 Å². The summed E-state index contributed by atoms with van der Waals surface area (Å²) in [7, 11) is 0. The van der Waals surface area contributed by atoms with E-state index in [1.807, 2.05) is 0 Å². The highest BCUT2D eigenvalue weighted by molar-refractivity contribution is 5.38. The molecular weight excluding hydrogens is 232 g/mol. The Balaban J connectivity index is 2.82. The van der Waals surface area contributed by atoms with Crippen LogP contribution in [-0.2, 0) is 0 Å². The molecule has 2 nitrogen and oxygen atoms in total. The molecule has 1 rings (SSSR count). The first-order valence-electron chi connectivity index (χ1n) is 7.54. The van der Waals surface area contributed by atoms with Crippen molar-refractivity contribution in [3.63, 3.8) is 0 Å². The van der Waals surface area contributed by atoms with Gasteiger partial charge in [0, 0.05) is 12.6 Å². The highest BCUT2D eigenvalue weighted by Crippen LogP contribution is 2.22. The lowest BCUT2D eigenvalue weighted by Gasteiger charge is -2.23. The molecule has 0 aliphatic rings. The van der Waals surface area contributed by atoms with Crippen molar-refractivity contribution in [1.82, 2.24) is 5.32 Å². The smallest absolute Gasteiger partial charge is 0.0447 e. The molecule has 0 saturated carbocycles. The van der Waals surface area contributed by atoms with Crippen molar-refractivity contribution in [2.75, 3.05) is 13.1 Å². The Bertz CT molecular complexity index is 394. The van der Waals surface area contributed by atoms with Crippen LogP contribution in [0.25, 0.3) is 0 Å². The van der Waals surface area contributed by atoms with Gasteiger partial charge in [0.05, 0.1) is 0 Å². The van der Waals surface area contributed by atoms with Crippen LogP contribution in [0.15, 0.2) is 12.1 Å². The Kier molecular flexibility index (Phi) is 6.53. The van der Waals surface area contributed by atoms with Crippen LogP contribution in [0.4, 0.5) is 0 Å². The van der Waals surface area contributed by atoms with Crippen LogP contribution >= 0.6 is 0 Å². The summed E-state index contributed by atoms with van der Waals surface area (Å²) in [6.45, 7) is 12.8. The maximum Gasteiger partial charge on any atom is 0.0447 e. The van der Waals surface area contributed by atoms with E-state index in [9.17, 15) is 0 Å². The van der Waals surface area contributed by atoms with Gasteiger partial charge in [0.15, 0.2) is 0 Å². The summed E-state index contributed by atoms with van der Waals surface area (Å²) in [6.07, 6.45) is 2.46. The van der Waals surface area contributed by atoms with Crippen molar-refractivity contribution in [2.45, 2.75) is 53.5 Å². The van der Waals surface area contributed by atoms with E-state index in [0.29, 0.717) is 6.54 Å². The maximum absolute atomic E-state index is 5.97. The molecule has 1 aromatic carbocycles. The highest BCUT2D eigenvalue weighted by atomic mass is 14.9. The van der Waals surface area contributed by atoms with Gasteiger partial charge in [0.25, 0.3) is 0 Å². The predicted octanol–water partition coefficient (Wildman–Crippen LogP) is 3.64. The minimum absolute atomic E-state index is 0.278. The topological polar surface area (TPSA) is 38.0 Å². The van der Waals surface area contributed by atoms with E-state index in [1.165, 1.54) is 35.1 Å². The Morgan fingerprint density at radius 1 is 1.00 bits per heavy atom. The van der Waals surface area contributed by atoms with Crippen LogP contribution in [0, 0.1) is 26.7 Å². The fraction of sp³-hybridized carbons (Fsp3) is 0.647. The third-order valence-electron chi connectivity index (χ3n) is 4.30. The maximum atomic E-state index is 5.97. The van der Waals surface area contributed by atoms with E-state index in [1.54, 1.807) is 0 Å². The third-order valence-corrected chi connectivity index (χ3v) is 4.30. The van der Waals surface area contributed by atoms with Gasteiger partial charge in [-0.1, -0.05) is 38.8 Å². The fourth-order valence-corrected chi connectivity index (χ4v) is 2.56. The minimum Gasteiger partial charge on any atom is -0.329 e. The lowest BCUT2D eigenvalue weighted by molar-refractivity contribution is 0.413. The highest BCUT2D eigenvalue weighted by Gasteiger charge is 2.14. The standard InChI is InChI=1S/C17H30N2/c1-6-15(7-2)11-19-17(10-18)16-9-13(4)12(3)8-14(16)5/h8-9,15,17,19H,6-7,10-11,18H2,1-5H3. The zero-order valence-electron chi connectivity index (χ0n) is 13.2. The molecule has 0 bridgehead atoms. The van der Waals surface area contributed by atoms with Gasteiger partial charge in [-0.2, -0.15) is 0 Å². The van der Waals surface area contributed by atoms with E-state index >= 15 is 0 Å². The lowest BCUT2D eigenvalue weighted by atomic mass is 9.95. The molecule has 19 heavy (non-hydrogen) atoms. The largest absolute Gasteiger partial charge is 0.329 e. The van der Waals surface area contributed by atoms with E-state index in [0.717, 1.165) is 12.5 Å².